The van der Waals surface area contributed by atoms with Gasteiger partial charge in [-0.1, -0.05) is 30.3 Å². The van der Waals surface area contributed by atoms with E-state index in [1.807, 2.05) is 55.4 Å². The monoisotopic (exact) mass is 397 g/mol. The Kier molecular flexibility index (Phi) is 6.72. The van der Waals surface area contributed by atoms with Gasteiger partial charge in [0.2, 0.25) is 0 Å². The summed E-state index contributed by atoms with van der Waals surface area (Å²) in [5, 5.41) is 5.38. The number of para-hydroxylation sites is 1. The van der Waals surface area contributed by atoms with Gasteiger partial charge in [-0.05, 0) is 37.4 Å². The summed E-state index contributed by atoms with van der Waals surface area (Å²) in [6.45, 7) is 1.25. The van der Waals surface area contributed by atoms with Crippen LogP contribution in [0.1, 0.15) is 22.7 Å². The van der Waals surface area contributed by atoms with Gasteiger partial charge in [-0.15, -0.1) is 0 Å². The van der Waals surface area contributed by atoms with Crippen LogP contribution in [0.2, 0.25) is 0 Å². The van der Waals surface area contributed by atoms with Gasteiger partial charge < -0.3 is 25.0 Å². The summed E-state index contributed by atoms with van der Waals surface area (Å²) in [5.74, 6) is 0.263. The second-order valence-electron chi connectivity index (χ2n) is 7.15. The van der Waals surface area contributed by atoms with E-state index < -0.39 is 11.8 Å². The maximum Gasteiger partial charge on any atom is 0.309 e. The van der Waals surface area contributed by atoms with Gasteiger partial charge in [0.25, 0.3) is 0 Å². The largest absolute Gasteiger partial charge is 0.496 e. The molecule has 0 fully saturated rings. The molecule has 0 radical (unpaired) electrons. The molecule has 1 heterocycles. The Bertz CT molecular complexity index is 882. The van der Waals surface area contributed by atoms with Crippen LogP contribution < -0.4 is 20.1 Å². The molecule has 0 aromatic heterocycles. The molecular formula is C22H27N3O4. The summed E-state index contributed by atoms with van der Waals surface area (Å²) in [5.41, 5.74) is 3.06. The number of carbonyl (C=O) groups is 2. The van der Waals surface area contributed by atoms with E-state index in [0.29, 0.717) is 18.9 Å². The molecule has 2 aromatic rings. The predicted molar refractivity (Wildman–Crippen MR) is 110 cm³/mol. The SMILES string of the molecule is COc1ccccc1CNC(=O)C(=O)NCC(c1ccc2c(c1)CCO2)N(C)C. The van der Waals surface area contributed by atoms with Gasteiger partial charge in [-0.2, -0.15) is 0 Å². The molecule has 154 valence electrons. The van der Waals surface area contributed by atoms with Crippen LogP contribution in [0.15, 0.2) is 42.5 Å². The zero-order valence-corrected chi connectivity index (χ0v) is 17.0. The first-order valence-corrected chi connectivity index (χ1v) is 9.59. The van der Waals surface area contributed by atoms with E-state index in [4.69, 9.17) is 9.47 Å². The second-order valence-corrected chi connectivity index (χ2v) is 7.15. The van der Waals surface area contributed by atoms with Crippen molar-refractivity contribution in [3.8, 4) is 11.5 Å². The van der Waals surface area contributed by atoms with Crippen LogP contribution in [0.3, 0.4) is 0 Å². The highest BCUT2D eigenvalue weighted by atomic mass is 16.5. The van der Waals surface area contributed by atoms with Crippen molar-refractivity contribution in [2.75, 3.05) is 34.4 Å². The molecule has 3 rings (SSSR count). The van der Waals surface area contributed by atoms with Crippen LogP contribution in [-0.4, -0.2) is 51.1 Å². The first-order valence-electron chi connectivity index (χ1n) is 9.59. The normalized spacial score (nSPS) is 13.4. The molecule has 2 amide bonds. The van der Waals surface area contributed by atoms with Crippen molar-refractivity contribution < 1.29 is 19.1 Å². The second kappa shape index (κ2) is 9.43. The number of methoxy groups -OCH3 is 1. The van der Waals surface area contributed by atoms with Gasteiger partial charge in [0.15, 0.2) is 0 Å². The summed E-state index contributed by atoms with van der Waals surface area (Å²) in [7, 11) is 5.46. The molecular weight excluding hydrogens is 370 g/mol. The highest BCUT2D eigenvalue weighted by Crippen LogP contribution is 2.29. The lowest BCUT2D eigenvalue weighted by Gasteiger charge is -2.25. The first-order chi connectivity index (χ1) is 14.0. The lowest BCUT2D eigenvalue weighted by Crippen LogP contribution is -2.42. The molecule has 7 heteroatoms. The minimum Gasteiger partial charge on any atom is -0.496 e. The van der Waals surface area contributed by atoms with E-state index in [2.05, 4.69) is 16.7 Å². The zero-order chi connectivity index (χ0) is 20.8. The van der Waals surface area contributed by atoms with Crippen LogP contribution in [-0.2, 0) is 22.6 Å². The molecule has 7 nitrogen and oxygen atoms in total. The van der Waals surface area contributed by atoms with Crippen LogP contribution >= 0.6 is 0 Å². The topological polar surface area (TPSA) is 79.9 Å². The fraction of sp³-hybridized carbons (Fsp3) is 0.364. The first kappa shape index (κ1) is 20.7. The van der Waals surface area contributed by atoms with Gasteiger partial charge >= 0.3 is 11.8 Å². The van der Waals surface area contributed by atoms with Crippen molar-refractivity contribution >= 4 is 11.8 Å². The number of hydrogen-bond acceptors (Lipinski definition) is 5. The maximum absolute atomic E-state index is 12.3. The summed E-state index contributed by atoms with van der Waals surface area (Å²) >= 11 is 0. The van der Waals surface area contributed by atoms with Gasteiger partial charge in [-0.3, -0.25) is 9.59 Å². The summed E-state index contributed by atoms with van der Waals surface area (Å²) in [6.07, 6.45) is 0.890. The number of amides is 2. The number of nitrogens with one attached hydrogen (secondary N) is 2. The smallest absolute Gasteiger partial charge is 0.309 e. The molecule has 0 bridgehead atoms. The minimum atomic E-state index is -0.671. The Balaban J connectivity index is 1.56. The van der Waals surface area contributed by atoms with Crippen LogP contribution in [0.4, 0.5) is 0 Å². The van der Waals surface area contributed by atoms with E-state index in [-0.39, 0.29) is 12.6 Å². The number of hydrogen-bond donors (Lipinski definition) is 2. The van der Waals surface area contributed by atoms with E-state index in [1.54, 1.807) is 7.11 Å². The third-order valence-corrected chi connectivity index (χ3v) is 5.02. The Morgan fingerprint density at radius 3 is 2.66 bits per heavy atom. The van der Waals surface area contributed by atoms with E-state index in [1.165, 1.54) is 5.56 Å². The molecule has 2 N–H and O–H groups in total. The van der Waals surface area contributed by atoms with Crippen LogP contribution in [0, 0.1) is 0 Å². The van der Waals surface area contributed by atoms with Crippen molar-refractivity contribution in [3.63, 3.8) is 0 Å². The van der Waals surface area contributed by atoms with Gasteiger partial charge in [0.1, 0.15) is 11.5 Å². The van der Waals surface area contributed by atoms with Crippen molar-refractivity contribution in [2.45, 2.75) is 19.0 Å². The third kappa shape index (κ3) is 5.06. The van der Waals surface area contributed by atoms with Gasteiger partial charge in [-0.25, -0.2) is 0 Å². The van der Waals surface area contributed by atoms with E-state index in [9.17, 15) is 9.59 Å². The molecule has 0 saturated heterocycles. The molecule has 0 aliphatic carbocycles. The number of rotatable bonds is 7. The maximum atomic E-state index is 12.3. The fourth-order valence-corrected chi connectivity index (χ4v) is 3.39. The number of nitrogens with zero attached hydrogens (tertiary/aromatic N) is 1. The summed E-state index contributed by atoms with van der Waals surface area (Å²) in [6, 6.07) is 13.4. The average Bonchev–Trinajstić information content (AvgIpc) is 3.19. The standard InChI is InChI=1S/C22H27N3O4/c1-25(2)18(15-8-9-20-16(12-15)10-11-29-20)14-24-22(27)21(26)23-13-17-6-4-5-7-19(17)28-3/h4-9,12,18H,10-11,13-14H2,1-3H3,(H,23,26)(H,24,27). The van der Waals surface area contributed by atoms with Gasteiger partial charge in [0.05, 0.1) is 19.8 Å². The lowest BCUT2D eigenvalue weighted by molar-refractivity contribution is -0.139. The average molecular weight is 397 g/mol. The predicted octanol–water partition coefficient (Wildman–Crippen LogP) is 1.67. The van der Waals surface area contributed by atoms with Crippen molar-refractivity contribution in [1.29, 1.82) is 0 Å². The Morgan fingerprint density at radius 2 is 1.90 bits per heavy atom. The molecule has 2 aromatic carbocycles. The Hall–Kier alpha value is -3.06. The Morgan fingerprint density at radius 1 is 1.14 bits per heavy atom. The van der Waals surface area contributed by atoms with Gasteiger partial charge in [0, 0.05) is 25.1 Å². The highest BCUT2D eigenvalue weighted by Gasteiger charge is 2.21. The molecule has 0 spiro atoms. The molecule has 29 heavy (non-hydrogen) atoms. The molecule has 1 atom stereocenters. The number of fused-ring (bicyclic) bond motifs is 1. The van der Waals surface area contributed by atoms with Crippen molar-refractivity contribution in [3.05, 3.63) is 59.2 Å². The van der Waals surface area contributed by atoms with Crippen molar-refractivity contribution in [2.24, 2.45) is 0 Å². The van der Waals surface area contributed by atoms with E-state index in [0.717, 1.165) is 23.3 Å². The quantitative estimate of drug-likeness (QED) is 0.695. The summed E-state index contributed by atoms with van der Waals surface area (Å²) < 4.78 is 10.8. The van der Waals surface area contributed by atoms with Crippen LogP contribution in [0.25, 0.3) is 0 Å². The highest BCUT2D eigenvalue weighted by molar-refractivity contribution is 6.35. The minimum absolute atomic E-state index is 0.0492. The summed E-state index contributed by atoms with van der Waals surface area (Å²) in [4.78, 5) is 26.5. The number of carbonyl (C=O) groups excluding carboxylic acids is 2. The lowest BCUT2D eigenvalue weighted by atomic mass is 10.0. The molecule has 0 saturated carbocycles. The van der Waals surface area contributed by atoms with E-state index >= 15 is 0 Å². The Labute approximate surface area is 171 Å². The fourth-order valence-electron chi connectivity index (χ4n) is 3.39. The molecule has 1 aliphatic rings. The number of likely N-dealkylation sites (N-methyl/N-ethyl adjacent to an activating group) is 1. The zero-order valence-electron chi connectivity index (χ0n) is 17.0. The number of ether oxygens (including phenoxy) is 2. The molecule has 1 unspecified atom stereocenters. The third-order valence-electron chi connectivity index (χ3n) is 5.02. The molecule has 1 aliphatic heterocycles. The van der Waals surface area contributed by atoms with Crippen LogP contribution in [0.5, 0.6) is 11.5 Å². The van der Waals surface area contributed by atoms with Crippen molar-refractivity contribution in [1.82, 2.24) is 15.5 Å². The number of benzene rings is 2.